The Morgan fingerprint density at radius 2 is 1.67 bits per heavy atom. The number of hydrogen-bond acceptors (Lipinski definition) is 16. The summed E-state index contributed by atoms with van der Waals surface area (Å²) in [5.41, 5.74) is 3.45. The van der Waals surface area contributed by atoms with E-state index in [0.29, 0.717) is 50.0 Å². The number of ketones is 2. The van der Waals surface area contributed by atoms with Crippen LogP contribution < -0.4 is 26.0 Å². The molecule has 0 spiro atoms. The molecule has 24 heteroatoms. The average molecular weight is 1300 g/mol. The van der Waals surface area contributed by atoms with Crippen molar-refractivity contribution in [1.82, 2.24) is 15.5 Å². The summed E-state index contributed by atoms with van der Waals surface area (Å²) >= 11 is 13.6. The van der Waals surface area contributed by atoms with E-state index < -0.39 is 120 Å². The lowest BCUT2D eigenvalue weighted by atomic mass is 9.78. The summed E-state index contributed by atoms with van der Waals surface area (Å²) in [7, 11) is 5.64. The minimum atomic E-state index is -1.69. The third-order valence-electron chi connectivity index (χ3n) is 17.7. The Kier molecular flexibility index (Phi) is 27.4. The first kappa shape index (κ1) is 74.3. The molecule has 2 aromatic carbocycles. The number of nitrogens with one attached hydrogen (secondary N) is 2. The maximum absolute atomic E-state index is 16.3. The summed E-state index contributed by atoms with van der Waals surface area (Å²) in [5.74, 6) is -7.44. The quantitative estimate of drug-likeness (QED) is 0.0281. The van der Waals surface area contributed by atoms with Crippen molar-refractivity contribution in [2.75, 3.05) is 39.8 Å². The van der Waals surface area contributed by atoms with Gasteiger partial charge in [0.25, 0.3) is 5.91 Å². The molecule has 5 amide bonds. The number of esters is 3. The van der Waals surface area contributed by atoms with Crippen LogP contribution in [0.2, 0.25) is 10.0 Å². The van der Waals surface area contributed by atoms with Crippen molar-refractivity contribution in [3.63, 3.8) is 0 Å². The van der Waals surface area contributed by atoms with E-state index in [9.17, 15) is 48.3 Å². The summed E-state index contributed by atoms with van der Waals surface area (Å²) in [6, 6.07) is 1.98. The third-order valence-corrected chi connectivity index (χ3v) is 18.3. The highest BCUT2D eigenvalue weighted by atomic mass is 35.5. The summed E-state index contributed by atoms with van der Waals surface area (Å²) in [6.07, 6.45) is 3.12. The fraction of sp³-hybridized carbons (Fsp3) is 0.621. The van der Waals surface area contributed by atoms with Gasteiger partial charge in [-0.05, 0) is 120 Å². The van der Waals surface area contributed by atoms with E-state index in [2.05, 4.69) is 10.6 Å². The van der Waals surface area contributed by atoms with Gasteiger partial charge in [0, 0.05) is 65.3 Å². The number of methoxy groups -OCH3 is 2. The Morgan fingerprint density at radius 1 is 0.978 bits per heavy atom. The van der Waals surface area contributed by atoms with Crippen molar-refractivity contribution in [3.05, 3.63) is 80.6 Å². The van der Waals surface area contributed by atoms with Gasteiger partial charge in [0.2, 0.25) is 11.8 Å². The monoisotopic (exact) mass is 1300 g/mol. The molecule has 0 saturated carbocycles. The van der Waals surface area contributed by atoms with Gasteiger partial charge in [-0.15, -0.1) is 0 Å². The first-order valence-electron chi connectivity index (χ1n) is 31.0. The molecule has 3 aliphatic heterocycles. The summed E-state index contributed by atoms with van der Waals surface area (Å²) in [5, 5.41) is 17.1. The topological polar surface area (TPSA) is 289 Å². The number of ether oxygens (including phenoxy) is 6. The van der Waals surface area contributed by atoms with Gasteiger partial charge in [-0.1, -0.05) is 81.6 Å². The number of carbonyl (C=O) groups excluding carboxylic acids is 9. The van der Waals surface area contributed by atoms with E-state index in [0.717, 1.165) is 28.2 Å². The Bertz CT molecular complexity index is 3010. The van der Waals surface area contributed by atoms with E-state index >= 15 is 4.39 Å². The van der Waals surface area contributed by atoms with Crippen molar-refractivity contribution < 1.29 is 81.1 Å². The van der Waals surface area contributed by atoms with Gasteiger partial charge in [-0.2, -0.15) is 0 Å². The van der Waals surface area contributed by atoms with Gasteiger partial charge < -0.3 is 59.7 Å². The number of anilines is 1. The predicted octanol–water partition coefficient (Wildman–Crippen LogP) is 9.08. The van der Waals surface area contributed by atoms with Gasteiger partial charge in [0.1, 0.15) is 57.9 Å². The third kappa shape index (κ3) is 19.5. The minimum absolute atomic E-state index is 0.00619. The van der Waals surface area contributed by atoms with E-state index in [1.165, 1.54) is 40.1 Å². The van der Waals surface area contributed by atoms with Crippen molar-refractivity contribution in [3.8, 4) is 5.75 Å². The number of likely N-dealkylation sites (N-methyl/N-ethyl adjacent to an activating group) is 1. The van der Waals surface area contributed by atoms with Crippen molar-refractivity contribution in [2.24, 2.45) is 29.4 Å². The molecule has 11 atom stereocenters. The number of primary amides is 1. The SMILES string of the molecule is CCC(CC)C(=O)OC(C)CCCCC(=O)C[C@H](C(=O)N[C@@H](CCCNC(N)=O)C(=O)Cc1cc(Cl)c(C(=O)N(C)[C@@H](C)C(=O)O[C@H]2CC(=O)N(C)c3cc(cc(OC)c3Cl)C/C(C)=C/C=C/[C@@H](OC)[C@]3(O)CC(=O)O[C@@H](C3)[C@@H](C)[C@@H]3O[C@@]23C)cc1F)C(C)C. The molecule has 2 fully saturated rings. The molecule has 2 aromatic rings. The number of carbonyl (C=O) groups is 9. The molecular formula is C66H92Cl2FN5O16. The molecule has 3 heterocycles. The van der Waals surface area contributed by atoms with Gasteiger partial charge in [-0.25, -0.2) is 14.0 Å². The molecule has 0 aromatic heterocycles. The van der Waals surface area contributed by atoms with Crippen LogP contribution in [0.1, 0.15) is 161 Å². The number of nitrogens with zero attached hydrogens (tertiary/aromatic N) is 2. The smallest absolute Gasteiger partial charge is 0.328 e. The Hall–Kier alpha value is -6.46. The van der Waals surface area contributed by atoms with Crippen molar-refractivity contribution >= 4 is 82.1 Å². The molecule has 498 valence electrons. The highest BCUT2D eigenvalue weighted by Gasteiger charge is 2.64. The second-order valence-electron chi connectivity index (χ2n) is 24.8. The number of hydrogen-bond donors (Lipinski definition) is 4. The standard InChI is InChI=1S/C66H92Cl2FN5O16/c1-14-42(15-2)63(82)87-38(6)21-16-17-22-44(75)31-45(36(3)4)60(79)72-49(23-19-25-71-64(70)83)51(76)30-43-29-47(67)46(32-48(43)69)61(80)73(10)40(8)62(81)89-55-33-56(77)74(11)50-27-41(28-52(85-12)58(50)68)26-37(5)20-18-24-54(86-13)66(84)34-53(88-57(78)35-66)39(7)59-65(55,9)90-59/h18,20,24,27-29,32,36,38-40,42,45,49,53-55,59,84H,14-17,19,21-23,25-26,30-31,33-35H2,1-13H3,(H,72,79)(H3,70,71,83)/b24-18+,37-20+/t38?,39-,40+,45+,49+,53+,54-,55+,59+,65+,66-/m1/s1. The average Bonchev–Trinajstić information content (AvgIpc) is 1.57. The van der Waals surface area contributed by atoms with Gasteiger partial charge in [0.05, 0.1) is 60.4 Å². The largest absolute Gasteiger partial charge is 0.495 e. The van der Waals surface area contributed by atoms with Crippen LogP contribution >= 0.6 is 23.2 Å². The zero-order valence-electron chi connectivity index (χ0n) is 54.2. The summed E-state index contributed by atoms with van der Waals surface area (Å²) in [4.78, 5) is 124. The van der Waals surface area contributed by atoms with Crippen molar-refractivity contribution in [1.29, 1.82) is 0 Å². The van der Waals surface area contributed by atoms with Crippen LogP contribution in [0.15, 0.2) is 48.1 Å². The molecule has 90 heavy (non-hydrogen) atoms. The Balaban J connectivity index is 1.34. The normalized spacial score (nSPS) is 24.2. The lowest BCUT2D eigenvalue weighted by Crippen LogP contribution is -2.53. The lowest BCUT2D eigenvalue weighted by molar-refractivity contribution is -0.187. The molecule has 21 nitrogen and oxygen atoms in total. The van der Waals surface area contributed by atoms with E-state index in [1.807, 2.05) is 33.8 Å². The Labute approximate surface area is 537 Å². The van der Waals surface area contributed by atoms with Crippen LogP contribution in [0.3, 0.4) is 0 Å². The molecule has 3 aliphatic rings. The molecule has 0 aliphatic carbocycles. The first-order valence-corrected chi connectivity index (χ1v) is 31.7. The number of halogens is 3. The maximum Gasteiger partial charge on any atom is 0.328 e. The van der Waals surface area contributed by atoms with E-state index in [1.54, 1.807) is 52.0 Å². The van der Waals surface area contributed by atoms with E-state index in [4.69, 9.17) is 57.4 Å². The number of fused-ring (bicyclic) bond motifs is 5. The molecule has 1 unspecified atom stereocenters. The fourth-order valence-corrected chi connectivity index (χ4v) is 12.2. The number of Topliss-reactive ketones (excluding diaryl/α,β-unsaturated/α-hetero) is 2. The van der Waals surface area contributed by atoms with Crippen LogP contribution in [0.25, 0.3) is 0 Å². The number of nitrogens with two attached hydrogens (primary N) is 1. The second kappa shape index (κ2) is 33.2. The van der Waals surface area contributed by atoms with Gasteiger partial charge in [0.15, 0.2) is 5.78 Å². The second-order valence-corrected chi connectivity index (χ2v) is 25.6. The van der Waals surface area contributed by atoms with Crippen LogP contribution in [0.5, 0.6) is 5.75 Å². The van der Waals surface area contributed by atoms with Gasteiger partial charge in [-0.3, -0.25) is 33.6 Å². The van der Waals surface area contributed by atoms with Crippen LogP contribution in [-0.4, -0.2) is 152 Å². The maximum atomic E-state index is 16.3. The van der Waals surface area contributed by atoms with Crippen molar-refractivity contribution in [2.45, 2.75) is 206 Å². The van der Waals surface area contributed by atoms with E-state index in [-0.39, 0.29) is 95.9 Å². The van der Waals surface area contributed by atoms with Gasteiger partial charge >= 0.3 is 23.9 Å². The molecule has 5 N–H and O–H groups in total. The molecule has 2 saturated heterocycles. The number of aliphatic hydroxyl groups is 1. The number of rotatable bonds is 27. The van der Waals surface area contributed by atoms with Crippen LogP contribution in [0.4, 0.5) is 14.9 Å². The highest BCUT2D eigenvalue weighted by Crippen LogP contribution is 2.50. The molecule has 5 rings (SSSR count). The Morgan fingerprint density at radius 3 is 2.30 bits per heavy atom. The number of benzene rings is 2. The first-order chi connectivity index (χ1) is 42.3. The summed E-state index contributed by atoms with van der Waals surface area (Å²) in [6.45, 7) is 15.9. The van der Waals surface area contributed by atoms with Crippen LogP contribution in [0, 0.1) is 29.5 Å². The number of epoxide rings is 1. The zero-order chi connectivity index (χ0) is 67.1. The predicted molar refractivity (Wildman–Crippen MR) is 336 cm³/mol. The minimum Gasteiger partial charge on any atom is -0.495 e. The summed E-state index contributed by atoms with van der Waals surface area (Å²) < 4.78 is 51.6. The molecule has 0 radical (unpaired) electrons. The highest BCUT2D eigenvalue weighted by molar-refractivity contribution is 6.35. The number of urea groups is 1. The molecule has 4 bridgehead atoms. The fourth-order valence-electron chi connectivity index (χ4n) is 11.6. The number of amides is 5. The lowest BCUT2D eigenvalue weighted by Gasteiger charge is -2.41. The zero-order valence-corrected chi connectivity index (χ0v) is 55.7. The number of allylic oxidation sites excluding steroid dienone is 3. The van der Waals surface area contributed by atoms with Crippen LogP contribution in [-0.2, 0) is 70.1 Å². The number of unbranched alkanes of at least 4 members (excludes halogenated alkanes) is 1. The molecular weight excluding hydrogens is 1210 g/mol.